The molecule has 18 heavy (non-hydrogen) atoms. The van der Waals surface area contributed by atoms with Gasteiger partial charge in [0.2, 0.25) is 0 Å². The molecule has 0 unspecified atom stereocenters. The number of nitrogens with one attached hydrogen (secondary N) is 1. The molecule has 1 aliphatic heterocycles. The molecule has 0 amide bonds. The van der Waals surface area contributed by atoms with Gasteiger partial charge >= 0.3 is 5.97 Å². The van der Waals surface area contributed by atoms with Crippen LogP contribution < -0.4 is 5.43 Å². The maximum absolute atomic E-state index is 10.9. The van der Waals surface area contributed by atoms with Crippen LogP contribution in [0.5, 0.6) is 0 Å². The van der Waals surface area contributed by atoms with Crippen molar-refractivity contribution in [2.75, 3.05) is 38.7 Å². The van der Waals surface area contributed by atoms with Crippen molar-refractivity contribution in [1.29, 1.82) is 0 Å². The Balaban J connectivity index is 2.10. The van der Waals surface area contributed by atoms with Gasteiger partial charge in [0, 0.05) is 32.4 Å². The third-order valence-corrected chi connectivity index (χ3v) is 3.27. The van der Waals surface area contributed by atoms with Crippen LogP contribution >= 0.6 is 11.6 Å². The first-order valence-corrected chi connectivity index (χ1v) is 6.03. The van der Waals surface area contributed by atoms with Gasteiger partial charge in [-0.25, -0.2) is 14.8 Å². The molecule has 1 aromatic heterocycles. The number of pyridine rings is 1. The normalized spacial score (nSPS) is 17.7. The summed E-state index contributed by atoms with van der Waals surface area (Å²) < 4.78 is 0. The molecule has 0 spiro atoms. The van der Waals surface area contributed by atoms with E-state index in [1.54, 1.807) is 0 Å². The van der Waals surface area contributed by atoms with E-state index in [1.807, 2.05) is 5.01 Å². The first-order chi connectivity index (χ1) is 8.58. The smallest absolute Gasteiger partial charge is 0.337 e. The molecule has 98 valence electrons. The van der Waals surface area contributed by atoms with Gasteiger partial charge in [-0.2, -0.15) is 0 Å². The van der Waals surface area contributed by atoms with Gasteiger partial charge in [0.15, 0.2) is 5.82 Å². The number of carboxylic acid groups (broad SMARTS) is 1. The lowest BCUT2D eigenvalue weighted by molar-refractivity contribution is 0.0697. The molecule has 1 aromatic rings. The highest BCUT2D eigenvalue weighted by atomic mass is 35.5. The predicted molar refractivity (Wildman–Crippen MR) is 68.9 cm³/mol. The molecule has 1 saturated heterocycles. The summed E-state index contributed by atoms with van der Waals surface area (Å²) in [6.45, 7) is 3.57. The van der Waals surface area contributed by atoms with Crippen LogP contribution in [0.3, 0.4) is 0 Å². The number of piperazine rings is 1. The molecule has 0 radical (unpaired) electrons. The van der Waals surface area contributed by atoms with Crippen LogP contribution in [0.1, 0.15) is 10.4 Å². The highest BCUT2D eigenvalue weighted by molar-refractivity contribution is 6.35. The average Bonchev–Trinajstić information content (AvgIpc) is 2.34. The van der Waals surface area contributed by atoms with Gasteiger partial charge < -0.3 is 15.4 Å². The average molecular weight is 271 g/mol. The minimum atomic E-state index is -1.05. The zero-order chi connectivity index (χ0) is 13.1. The highest BCUT2D eigenvalue weighted by Crippen LogP contribution is 2.24. The number of nitrogens with zero attached hydrogens (tertiary/aromatic N) is 3. The van der Waals surface area contributed by atoms with Crippen molar-refractivity contribution in [2.24, 2.45) is 0 Å². The minimum Gasteiger partial charge on any atom is -0.478 e. The summed E-state index contributed by atoms with van der Waals surface area (Å²) in [5.41, 5.74) is 3.12. The number of carboxylic acids is 1. The van der Waals surface area contributed by atoms with Crippen molar-refractivity contribution < 1.29 is 9.90 Å². The Hall–Kier alpha value is -1.37. The van der Waals surface area contributed by atoms with Crippen LogP contribution in [0, 0.1) is 0 Å². The molecule has 0 saturated carbocycles. The van der Waals surface area contributed by atoms with Crippen molar-refractivity contribution in [3.05, 3.63) is 22.8 Å². The summed E-state index contributed by atoms with van der Waals surface area (Å²) >= 11 is 6.01. The molecule has 0 atom stereocenters. The minimum absolute atomic E-state index is 0.0586. The molecule has 0 bridgehead atoms. The van der Waals surface area contributed by atoms with Gasteiger partial charge in [-0.15, -0.1) is 0 Å². The molecular weight excluding hydrogens is 256 g/mol. The van der Waals surface area contributed by atoms with Gasteiger partial charge in [0.25, 0.3) is 0 Å². The van der Waals surface area contributed by atoms with Crippen molar-refractivity contribution >= 4 is 23.4 Å². The quantitative estimate of drug-likeness (QED) is 0.854. The molecular formula is C11H15ClN4O2. The Bertz CT molecular complexity index is 447. The van der Waals surface area contributed by atoms with E-state index in [0.717, 1.165) is 26.2 Å². The number of anilines is 1. The molecule has 0 aromatic carbocycles. The maximum atomic E-state index is 10.9. The molecule has 1 fully saturated rings. The van der Waals surface area contributed by atoms with Crippen molar-refractivity contribution in [2.45, 2.75) is 0 Å². The molecule has 2 N–H and O–H groups in total. The largest absolute Gasteiger partial charge is 0.478 e. The number of rotatable bonds is 3. The first kappa shape index (κ1) is 13.1. The van der Waals surface area contributed by atoms with Crippen LogP contribution in [0.4, 0.5) is 5.82 Å². The number of hydrogen-bond donors (Lipinski definition) is 2. The van der Waals surface area contributed by atoms with E-state index in [1.165, 1.54) is 12.3 Å². The van der Waals surface area contributed by atoms with E-state index in [9.17, 15) is 4.79 Å². The van der Waals surface area contributed by atoms with Gasteiger partial charge in [0.1, 0.15) is 0 Å². The summed E-state index contributed by atoms with van der Waals surface area (Å²) in [6, 6.07) is 1.39. The second kappa shape index (κ2) is 5.51. The third kappa shape index (κ3) is 2.90. The lowest BCUT2D eigenvalue weighted by Crippen LogP contribution is -2.47. The Morgan fingerprint density at radius 2 is 2.11 bits per heavy atom. The molecule has 0 aliphatic carbocycles. The summed E-state index contributed by atoms with van der Waals surface area (Å²) in [6.07, 6.45) is 1.44. The fourth-order valence-corrected chi connectivity index (χ4v) is 1.99. The summed E-state index contributed by atoms with van der Waals surface area (Å²) in [5.74, 6) is -0.662. The van der Waals surface area contributed by atoms with Crippen LogP contribution in [-0.4, -0.2) is 59.2 Å². The van der Waals surface area contributed by atoms with Crippen molar-refractivity contribution in [1.82, 2.24) is 14.9 Å². The van der Waals surface area contributed by atoms with Crippen LogP contribution in [0.15, 0.2) is 12.3 Å². The molecule has 2 heterocycles. The second-order valence-corrected chi connectivity index (χ2v) is 4.61. The number of hydrogen-bond acceptors (Lipinski definition) is 5. The standard InChI is InChI=1S/C11H15ClN4O2/c1-15-4-6-16(7-5-15)14-10-9(12)8(11(17)18)2-3-13-10/h2-3H,4-7H2,1H3,(H,13,14)(H,17,18). The van der Waals surface area contributed by atoms with Crippen molar-refractivity contribution in [3.63, 3.8) is 0 Å². The Morgan fingerprint density at radius 3 is 2.72 bits per heavy atom. The number of aromatic carboxylic acids is 1. The lowest BCUT2D eigenvalue weighted by atomic mass is 10.2. The number of hydrazine groups is 1. The van der Waals surface area contributed by atoms with Crippen molar-refractivity contribution in [3.8, 4) is 0 Å². The van der Waals surface area contributed by atoms with Gasteiger partial charge in [-0.3, -0.25) is 0 Å². The van der Waals surface area contributed by atoms with Crippen LogP contribution in [0.25, 0.3) is 0 Å². The fourth-order valence-electron chi connectivity index (χ4n) is 1.75. The zero-order valence-electron chi connectivity index (χ0n) is 10.1. The molecule has 2 rings (SSSR count). The Kier molecular flexibility index (Phi) is 4.00. The summed E-state index contributed by atoms with van der Waals surface area (Å²) in [4.78, 5) is 17.2. The van der Waals surface area contributed by atoms with E-state index < -0.39 is 5.97 Å². The van der Waals surface area contributed by atoms with E-state index in [0.29, 0.717) is 5.82 Å². The zero-order valence-corrected chi connectivity index (χ0v) is 10.8. The van der Waals surface area contributed by atoms with E-state index in [2.05, 4.69) is 22.4 Å². The number of carbonyl (C=O) groups is 1. The maximum Gasteiger partial charge on any atom is 0.337 e. The first-order valence-electron chi connectivity index (χ1n) is 5.66. The highest BCUT2D eigenvalue weighted by Gasteiger charge is 2.17. The molecule has 7 heteroatoms. The Morgan fingerprint density at radius 1 is 1.44 bits per heavy atom. The van der Waals surface area contributed by atoms with E-state index in [-0.39, 0.29) is 10.6 Å². The van der Waals surface area contributed by atoms with Crippen LogP contribution in [0.2, 0.25) is 5.02 Å². The Labute approximate surface area is 110 Å². The van der Waals surface area contributed by atoms with Crippen LogP contribution in [-0.2, 0) is 0 Å². The third-order valence-electron chi connectivity index (χ3n) is 2.89. The summed E-state index contributed by atoms with van der Waals surface area (Å²) in [7, 11) is 2.06. The second-order valence-electron chi connectivity index (χ2n) is 4.23. The van der Waals surface area contributed by atoms with Gasteiger partial charge in [0.05, 0.1) is 10.6 Å². The summed E-state index contributed by atoms with van der Waals surface area (Å²) in [5, 5.41) is 11.1. The number of likely N-dealkylation sites (N-methyl/N-ethyl adjacent to an activating group) is 1. The predicted octanol–water partition coefficient (Wildman–Crippen LogP) is 1.01. The lowest BCUT2D eigenvalue weighted by Gasteiger charge is -2.32. The number of aromatic nitrogens is 1. The van der Waals surface area contributed by atoms with Gasteiger partial charge in [-0.1, -0.05) is 11.6 Å². The molecule has 6 nitrogen and oxygen atoms in total. The SMILES string of the molecule is CN1CCN(Nc2nccc(C(=O)O)c2Cl)CC1. The van der Waals surface area contributed by atoms with E-state index in [4.69, 9.17) is 16.7 Å². The van der Waals surface area contributed by atoms with Gasteiger partial charge in [-0.05, 0) is 13.1 Å². The fraction of sp³-hybridized carbons (Fsp3) is 0.455. The topological polar surface area (TPSA) is 68.7 Å². The monoisotopic (exact) mass is 270 g/mol. The molecule has 1 aliphatic rings. The number of halogens is 1. The van der Waals surface area contributed by atoms with E-state index >= 15 is 0 Å².